The van der Waals surface area contributed by atoms with Gasteiger partial charge in [-0.25, -0.2) is 0 Å². The lowest BCUT2D eigenvalue weighted by atomic mass is 9.79. The number of furan rings is 4. The van der Waals surface area contributed by atoms with Crippen molar-refractivity contribution >= 4 is 143 Å². The predicted molar refractivity (Wildman–Crippen MR) is 406 cm³/mol. The number of benzene rings is 15. The zero-order chi connectivity index (χ0) is 64.9. The van der Waals surface area contributed by atoms with Gasteiger partial charge < -0.3 is 27.5 Å². The lowest BCUT2D eigenvalue weighted by Gasteiger charge is -2.29. The number of nitrogens with zero attached hydrogens (tertiary/aromatic N) is 2. The van der Waals surface area contributed by atoms with Gasteiger partial charge in [-0.3, -0.25) is 0 Å². The summed E-state index contributed by atoms with van der Waals surface area (Å²) in [5.41, 5.74) is 27.0. The van der Waals surface area contributed by atoms with Crippen molar-refractivity contribution in [3.63, 3.8) is 0 Å². The number of hydrogen-bond donors (Lipinski definition) is 0. The molecule has 0 saturated heterocycles. The molecule has 15 aromatic carbocycles. The number of hydrogen-bond acceptors (Lipinski definition) is 6. The van der Waals surface area contributed by atoms with Crippen molar-refractivity contribution in [3.8, 4) is 44.5 Å². The summed E-state index contributed by atoms with van der Waals surface area (Å²) in [7, 11) is 0. The molecule has 2 aliphatic rings. The molecule has 0 amide bonds. The van der Waals surface area contributed by atoms with Crippen LogP contribution in [0.5, 0.6) is 0 Å². The Bertz CT molecular complexity index is 6040. The second-order valence-corrected chi connectivity index (χ2v) is 27.7. The van der Waals surface area contributed by atoms with Crippen LogP contribution in [0.3, 0.4) is 0 Å². The summed E-state index contributed by atoms with van der Waals surface area (Å²) in [5, 5.41) is 12.8. The van der Waals surface area contributed by atoms with E-state index >= 15 is 0 Å². The summed E-state index contributed by atoms with van der Waals surface area (Å²) >= 11 is 0. The van der Waals surface area contributed by atoms with Crippen LogP contribution in [0.1, 0.15) is 49.9 Å². The highest BCUT2D eigenvalue weighted by Gasteiger charge is 2.38. The Balaban J connectivity index is 0.914. The van der Waals surface area contributed by atoms with E-state index in [0.717, 1.165) is 166 Å². The van der Waals surface area contributed by atoms with Gasteiger partial charge in [-0.2, -0.15) is 0 Å². The van der Waals surface area contributed by atoms with Crippen LogP contribution in [0.2, 0.25) is 0 Å². The van der Waals surface area contributed by atoms with Crippen molar-refractivity contribution in [1.29, 1.82) is 0 Å². The molecule has 0 bridgehead atoms. The molecule has 4 heterocycles. The van der Waals surface area contributed by atoms with E-state index in [1.807, 2.05) is 0 Å². The van der Waals surface area contributed by atoms with Crippen LogP contribution in [0, 0.1) is 0 Å². The third-order valence-electron chi connectivity index (χ3n) is 21.8. The fraction of sp³-hybridized carbons (Fsp3) is 0.0652. The first kappa shape index (κ1) is 55.0. The zero-order valence-corrected chi connectivity index (χ0v) is 54.2. The minimum atomic E-state index is -0.271. The fourth-order valence-electron chi connectivity index (χ4n) is 17.4. The third-order valence-corrected chi connectivity index (χ3v) is 21.8. The number of fused-ring (bicyclic) bond motifs is 20. The Morgan fingerprint density at radius 2 is 0.520 bits per heavy atom. The molecular weight excluding hydrogens is 1200 g/mol. The van der Waals surface area contributed by atoms with Gasteiger partial charge >= 0.3 is 0 Å². The lowest BCUT2D eigenvalue weighted by molar-refractivity contribution is 0.660. The van der Waals surface area contributed by atoms with Crippen LogP contribution in [0.15, 0.2) is 309 Å². The topological polar surface area (TPSA) is 59.0 Å². The van der Waals surface area contributed by atoms with Crippen LogP contribution in [0.4, 0.5) is 34.1 Å². The smallest absolute Gasteiger partial charge is 0.137 e. The van der Waals surface area contributed by atoms with E-state index in [0.29, 0.717) is 0 Å². The second-order valence-electron chi connectivity index (χ2n) is 27.7. The number of rotatable bonds is 8. The Morgan fingerprint density at radius 3 is 0.867 bits per heavy atom. The molecule has 4 aromatic heterocycles. The number of anilines is 6. The molecule has 0 aliphatic heterocycles. The van der Waals surface area contributed by atoms with Crippen LogP contribution in [-0.4, -0.2) is 0 Å². The quantitative estimate of drug-likeness (QED) is 0.141. The molecule has 6 nitrogen and oxygen atoms in total. The van der Waals surface area contributed by atoms with Crippen LogP contribution < -0.4 is 9.80 Å². The normalized spacial score (nSPS) is 13.7. The highest BCUT2D eigenvalue weighted by molar-refractivity contribution is 6.25. The largest absolute Gasteiger partial charge is 0.456 e. The van der Waals surface area contributed by atoms with Crippen LogP contribution in [-0.2, 0) is 10.8 Å². The molecule has 0 radical (unpaired) electrons. The summed E-state index contributed by atoms with van der Waals surface area (Å²) in [6.07, 6.45) is 0. The summed E-state index contributed by atoms with van der Waals surface area (Å²) in [6, 6.07) is 107. The van der Waals surface area contributed by atoms with Gasteiger partial charge in [0.1, 0.15) is 44.7 Å². The summed E-state index contributed by atoms with van der Waals surface area (Å²) in [4.78, 5) is 4.92. The number of para-hydroxylation sites is 4. The lowest BCUT2D eigenvalue weighted by Crippen LogP contribution is -2.15. The van der Waals surface area contributed by atoms with Crippen LogP contribution in [0.25, 0.3) is 154 Å². The Labute approximate surface area is 564 Å². The first-order chi connectivity index (χ1) is 48.1. The van der Waals surface area contributed by atoms with E-state index in [-0.39, 0.29) is 10.8 Å². The molecule has 21 rings (SSSR count). The van der Waals surface area contributed by atoms with Gasteiger partial charge in [-0.05, 0) is 198 Å². The molecule has 0 saturated carbocycles. The molecule has 462 valence electrons. The molecule has 0 fully saturated rings. The van der Waals surface area contributed by atoms with E-state index in [4.69, 9.17) is 17.7 Å². The average molecular weight is 1260 g/mol. The monoisotopic (exact) mass is 1260 g/mol. The van der Waals surface area contributed by atoms with Gasteiger partial charge in [0.25, 0.3) is 0 Å². The second kappa shape index (κ2) is 20.1. The van der Waals surface area contributed by atoms with Crippen molar-refractivity contribution in [2.45, 2.75) is 38.5 Å². The minimum absolute atomic E-state index is 0.271. The van der Waals surface area contributed by atoms with Gasteiger partial charge in [0, 0.05) is 43.7 Å². The molecule has 0 spiro atoms. The Morgan fingerprint density at radius 1 is 0.224 bits per heavy atom. The molecule has 19 aromatic rings. The maximum absolute atomic E-state index is 6.76. The summed E-state index contributed by atoms with van der Waals surface area (Å²) in [6.45, 7) is 9.55. The van der Waals surface area contributed by atoms with Gasteiger partial charge in [-0.15, -0.1) is 0 Å². The first-order valence-corrected chi connectivity index (χ1v) is 33.9. The molecule has 2 aliphatic carbocycles. The molecule has 98 heavy (non-hydrogen) atoms. The Kier molecular flexibility index (Phi) is 11.3. The predicted octanol–water partition coefficient (Wildman–Crippen LogP) is 26.5. The van der Waals surface area contributed by atoms with Gasteiger partial charge in [0.05, 0.1) is 44.3 Å². The summed E-state index contributed by atoms with van der Waals surface area (Å²) in [5.74, 6) is 0. The summed E-state index contributed by atoms with van der Waals surface area (Å²) < 4.78 is 27.0. The van der Waals surface area contributed by atoms with Crippen molar-refractivity contribution in [1.82, 2.24) is 0 Å². The molecule has 0 unspecified atom stereocenters. The van der Waals surface area contributed by atoms with Crippen molar-refractivity contribution in [2.24, 2.45) is 0 Å². The molecular formula is C92H60N2O4. The van der Waals surface area contributed by atoms with Crippen molar-refractivity contribution in [2.75, 3.05) is 9.80 Å². The van der Waals surface area contributed by atoms with E-state index in [1.54, 1.807) is 0 Å². The third kappa shape index (κ3) is 7.62. The maximum Gasteiger partial charge on any atom is 0.137 e. The van der Waals surface area contributed by atoms with E-state index < -0.39 is 0 Å². The SMILES string of the molecule is CC1(C)c2ccccc2-c2ccc(-c3c4ccc(N(c5cccc6oc7ccccc7c56)c5cccc6oc7ccccc7c56)cc4c(-c4ccc5c(c4)C(C)(C)c4ccccc4-5)c4ccc(N(c5cccc6oc7ccccc7c56)c5cccc6oc7ccccc7c56)cc34)cc21. The highest BCUT2D eigenvalue weighted by Crippen LogP contribution is 2.57. The average Bonchev–Trinajstić information content (AvgIpc) is 0.932. The minimum Gasteiger partial charge on any atom is -0.456 e. The Hall–Kier alpha value is -12.4. The molecule has 0 N–H and O–H groups in total. The van der Waals surface area contributed by atoms with E-state index in [9.17, 15) is 0 Å². The maximum atomic E-state index is 6.76. The van der Waals surface area contributed by atoms with Crippen LogP contribution >= 0.6 is 0 Å². The molecule has 0 atom stereocenters. The fourth-order valence-corrected chi connectivity index (χ4v) is 17.4. The van der Waals surface area contributed by atoms with Gasteiger partial charge in [-0.1, -0.05) is 210 Å². The van der Waals surface area contributed by atoms with Gasteiger partial charge in [0.15, 0.2) is 0 Å². The van der Waals surface area contributed by atoms with Crippen molar-refractivity contribution < 1.29 is 17.7 Å². The highest BCUT2D eigenvalue weighted by atomic mass is 16.3. The van der Waals surface area contributed by atoms with Crippen molar-refractivity contribution in [3.05, 3.63) is 313 Å². The standard InChI is InChI=1S/C92H60N2O4/c1-91(2)69-27-11-5-21-57(69)59-45-41-53(49-71(59)91)85-61-47-43-56(94(75-31-19-39-83-89(75)65-25-9-15-35-79(65)97-83)76-32-20-40-84-90(76)66-26-10-16-36-80(66)98-84)52-68(61)86(54-42-46-60-58-22-6-12-28-70(58)92(3,4)72(60)50-54)62-48-44-55(51-67(62)85)93(73-29-17-37-81-87(73)63-23-7-13-33-77(63)95-81)74-30-18-38-82-88(74)64-24-8-14-34-78(64)96-82/h5-52H,1-4H3. The first-order valence-electron chi connectivity index (χ1n) is 33.9. The molecule has 6 heteroatoms. The van der Waals surface area contributed by atoms with E-state index in [1.165, 1.54) is 44.5 Å². The zero-order valence-electron chi connectivity index (χ0n) is 54.2. The van der Waals surface area contributed by atoms with E-state index in [2.05, 4.69) is 329 Å². The van der Waals surface area contributed by atoms with Gasteiger partial charge in [0.2, 0.25) is 0 Å².